The number of carbonyl (C=O) groups excluding carboxylic acids is 3. The highest BCUT2D eigenvalue weighted by Gasteiger charge is 2.58. The molecule has 1 amide bonds. The van der Waals surface area contributed by atoms with E-state index in [4.69, 9.17) is 14.2 Å². The molecule has 0 bridgehead atoms. The molecular weight excluding hydrogens is 462 g/mol. The van der Waals surface area contributed by atoms with E-state index in [-0.39, 0.29) is 38.4 Å². The number of rotatable bonds is 6. The van der Waals surface area contributed by atoms with E-state index in [1.165, 1.54) is 0 Å². The van der Waals surface area contributed by atoms with Crippen LogP contribution in [0.2, 0.25) is 0 Å². The number of amides is 1. The third-order valence-corrected chi connectivity index (χ3v) is 7.40. The maximum Gasteiger partial charge on any atom is 0.410 e. The van der Waals surface area contributed by atoms with E-state index in [1.54, 1.807) is 30.9 Å². The summed E-state index contributed by atoms with van der Waals surface area (Å²) in [5.41, 5.74) is 0.545. The van der Waals surface area contributed by atoms with E-state index >= 15 is 0 Å². The summed E-state index contributed by atoms with van der Waals surface area (Å²) >= 11 is 0. The maximum atomic E-state index is 13.4. The second-order valence-electron chi connectivity index (χ2n) is 9.34. The second kappa shape index (κ2) is 10.6. The van der Waals surface area contributed by atoms with Crippen LogP contribution < -0.4 is 0 Å². The third-order valence-electron chi connectivity index (χ3n) is 7.40. The van der Waals surface area contributed by atoms with Crippen molar-refractivity contribution in [2.75, 3.05) is 19.8 Å². The van der Waals surface area contributed by atoms with Crippen LogP contribution in [0.15, 0.2) is 48.5 Å². The van der Waals surface area contributed by atoms with Gasteiger partial charge in [0.05, 0.1) is 18.8 Å². The minimum atomic E-state index is -1.41. The first-order valence-electron chi connectivity index (χ1n) is 12.5. The monoisotopic (exact) mass is 495 g/mol. The van der Waals surface area contributed by atoms with Crippen LogP contribution in [0.25, 0.3) is 0 Å². The summed E-state index contributed by atoms with van der Waals surface area (Å²) in [6.07, 6.45) is 1.16. The smallest absolute Gasteiger partial charge is 0.410 e. The van der Waals surface area contributed by atoms with Crippen LogP contribution in [-0.2, 0) is 42.4 Å². The molecule has 0 aromatic heterocycles. The van der Waals surface area contributed by atoms with Gasteiger partial charge in [-0.15, -0.1) is 0 Å². The van der Waals surface area contributed by atoms with Gasteiger partial charge in [-0.05, 0) is 74.8 Å². The van der Waals surface area contributed by atoms with Gasteiger partial charge >= 0.3 is 18.0 Å². The number of aromatic hydroxyl groups is 1. The predicted octanol–water partition coefficient (Wildman–Crippen LogP) is 4.47. The van der Waals surface area contributed by atoms with Crippen LogP contribution in [-0.4, -0.2) is 47.8 Å². The van der Waals surface area contributed by atoms with E-state index in [1.807, 2.05) is 36.4 Å². The summed E-state index contributed by atoms with van der Waals surface area (Å²) in [5.74, 6) is -1.01. The lowest BCUT2D eigenvalue weighted by molar-refractivity contribution is -0.177. The Kier molecular flexibility index (Phi) is 7.52. The number of phenolic OH excluding ortho intramolecular Hbond substituents is 1. The van der Waals surface area contributed by atoms with Gasteiger partial charge < -0.3 is 19.3 Å². The van der Waals surface area contributed by atoms with Crippen molar-refractivity contribution in [1.82, 2.24) is 4.90 Å². The number of carbonyl (C=O) groups is 3. The Morgan fingerprint density at radius 2 is 1.53 bits per heavy atom. The summed E-state index contributed by atoms with van der Waals surface area (Å²) in [6.45, 7) is 4.27. The quantitative estimate of drug-likeness (QED) is 0.358. The summed E-state index contributed by atoms with van der Waals surface area (Å²) in [4.78, 5) is 41.2. The lowest BCUT2D eigenvalue weighted by Crippen LogP contribution is -2.58. The molecule has 1 spiro atoms. The fourth-order valence-corrected chi connectivity index (χ4v) is 5.56. The van der Waals surface area contributed by atoms with Gasteiger partial charge in [-0.25, -0.2) is 4.79 Å². The average Bonchev–Trinajstić information content (AvgIpc) is 2.89. The molecule has 1 N–H and O–H groups in total. The third kappa shape index (κ3) is 4.64. The SMILES string of the molecule is CCOC(=O)C1(C(=O)OCC)CCC2(CC1)c1ccc(O)cc1CCN2C(=O)OCc1ccccc1. The standard InChI is InChI=1S/C28H33NO7/c1-3-34-24(31)27(25(32)35-4-2)13-15-28(16-14-27)23-11-10-22(30)18-21(23)12-17-29(28)26(33)36-19-20-8-6-5-7-9-20/h5-11,18,30H,3-4,12-17,19H2,1-2H3. The van der Waals surface area contributed by atoms with Gasteiger partial charge in [-0.2, -0.15) is 0 Å². The Hall–Kier alpha value is -3.55. The number of hydrogen-bond donors (Lipinski definition) is 1. The molecule has 4 rings (SSSR count). The molecule has 2 aliphatic rings. The van der Waals surface area contributed by atoms with Crippen LogP contribution in [0.3, 0.4) is 0 Å². The van der Waals surface area contributed by atoms with E-state index in [0.29, 0.717) is 25.8 Å². The number of nitrogens with zero attached hydrogens (tertiary/aromatic N) is 1. The van der Waals surface area contributed by atoms with Crippen LogP contribution in [0, 0.1) is 5.41 Å². The van der Waals surface area contributed by atoms with Crippen LogP contribution in [0.5, 0.6) is 5.75 Å². The first kappa shape index (κ1) is 25.5. The number of phenols is 1. The molecular formula is C28H33NO7. The molecule has 8 nitrogen and oxygen atoms in total. The van der Waals surface area contributed by atoms with E-state index in [0.717, 1.165) is 16.7 Å². The molecule has 1 saturated carbocycles. The van der Waals surface area contributed by atoms with E-state index in [9.17, 15) is 19.5 Å². The minimum absolute atomic E-state index is 0.143. The number of ether oxygens (including phenoxy) is 3. The van der Waals surface area contributed by atoms with Crippen molar-refractivity contribution in [3.8, 4) is 5.75 Å². The fraction of sp³-hybridized carbons (Fsp3) is 0.464. The van der Waals surface area contributed by atoms with Crippen molar-refractivity contribution in [3.63, 3.8) is 0 Å². The summed E-state index contributed by atoms with van der Waals surface area (Å²) in [6, 6.07) is 14.6. The van der Waals surface area contributed by atoms with Crippen LogP contribution >= 0.6 is 0 Å². The van der Waals surface area contributed by atoms with Crippen molar-refractivity contribution in [2.24, 2.45) is 5.41 Å². The molecule has 2 aromatic carbocycles. The van der Waals surface area contributed by atoms with Gasteiger partial charge in [0.1, 0.15) is 12.4 Å². The van der Waals surface area contributed by atoms with Gasteiger partial charge in [0.25, 0.3) is 0 Å². The molecule has 0 unspecified atom stereocenters. The first-order chi connectivity index (χ1) is 17.4. The lowest BCUT2D eigenvalue weighted by Gasteiger charge is -2.52. The zero-order chi connectivity index (χ0) is 25.8. The van der Waals surface area contributed by atoms with Gasteiger partial charge in [-0.1, -0.05) is 36.4 Å². The van der Waals surface area contributed by atoms with Gasteiger partial charge in [0.2, 0.25) is 0 Å². The Labute approximate surface area is 211 Å². The highest BCUT2D eigenvalue weighted by atomic mass is 16.6. The normalized spacial score (nSPS) is 17.7. The highest BCUT2D eigenvalue weighted by molar-refractivity contribution is 6.00. The number of esters is 2. The van der Waals surface area contributed by atoms with E-state index < -0.39 is 29.0 Å². The van der Waals surface area contributed by atoms with Crippen molar-refractivity contribution in [3.05, 3.63) is 65.2 Å². The van der Waals surface area contributed by atoms with Gasteiger partial charge in [0, 0.05) is 6.54 Å². The van der Waals surface area contributed by atoms with Crippen molar-refractivity contribution < 1.29 is 33.7 Å². The molecule has 192 valence electrons. The Morgan fingerprint density at radius 3 is 2.14 bits per heavy atom. The Balaban J connectivity index is 1.66. The number of benzene rings is 2. The number of hydrogen-bond acceptors (Lipinski definition) is 7. The Morgan fingerprint density at radius 1 is 0.889 bits per heavy atom. The molecule has 0 radical (unpaired) electrons. The molecule has 1 aliphatic heterocycles. The molecule has 1 aliphatic carbocycles. The number of fused-ring (bicyclic) bond motifs is 2. The van der Waals surface area contributed by atoms with Crippen molar-refractivity contribution in [2.45, 2.75) is 58.1 Å². The average molecular weight is 496 g/mol. The van der Waals surface area contributed by atoms with Crippen molar-refractivity contribution in [1.29, 1.82) is 0 Å². The van der Waals surface area contributed by atoms with Gasteiger partial charge in [-0.3, -0.25) is 14.5 Å². The summed E-state index contributed by atoms with van der Waals surface area (Å²) < 4.78 is 16.3. The summed E-state index contributed by atoms with van der Waals surface area (Å²) in [7, 11) is 0. The zero-order valence-electron chi connectivity index (χ0n) is 20.8. The Bertz CT molecular complexity index is 1090. The second-order valence-corrected chi connectivity index (χ2v) is 9.34. The minimum Gasteiger partial charge on any atom is -0.508 e. The van der Waals surface area contributed by atoms with Crippen molar-refractivity contribution >= 4 is 18.0 Å². The summed E-state index contributed by atoms with van der Waals surface area (Å²) in [5, 5.41) is 10.1. The predicted molar refractivity (Wildman–Crippen MR) is 131 cm³/mol. The largest absolute Gasteiger partial charge is 0.508 e. The van der Waals surface area contributed by atoms with Crippen LogP contribution in [0.4, 0.5) is 4.79 Å². The van der Waals surface area contributed by atoms with E-state index in [2.05, 4.69) is 0 Å². The lowest BCUT2D eigenvalue weighted by atomic mass is 9.62. The fourth-order valence-electron chi connectivity index (χ4n) is 5.56. The van der Waals surface area contributed by atoms with Gasteiger partial charge in [0.15, 0.2) is 5.41 Å². The molecule has 1 fully saturated rings. The highest BCUT2D eigenvalue weighted by Crippen LogP contribution is 2.52. The zero-order valence-corrected chi connectivity index (χ0v) is 20.8. The molecule has 1 heterocycles. The topological polar surface area (TPSA) is 102 Å². The molecule has 36 heavy (non-hydrogen) atoms. The molecule has 0 atom stereocenters. The molecule has 8 heteroatoms. The molecule has 2 aromatic rings. The van der Waals surface area contributed by atoms with Crippen LogP contribution in [0.1, 0.15) is 56.2 Å². The maximum absolute atomic E-state index is 13.4. The molecule has 0 saturated heterocycles. The first-order valence-corrected chi connectivity index (χ1v) is 12.5.